The molecular formula is C14H11BrN2OS. The monoisotopic (exact) mass is 334 g/mol. The standard InChI is InChI=1S/C14H11BrN2OS/c15-9-1-6-13-12(7-9)17-14(19-13)8-16-10-2-4-11(18)5-3-10/h1-7,16,18H,8H2. The molecule has 3 rings (SSSR count). The predicted octanol–water partition coefficient (Wildman–Crippen LogP) is 4.38. The topological polar surface area (TPSA) is 45.1 Å². The molecule has 0 aliphatic rings. The molecule has 0 bridgehead atoms. The molecule has 0 aliphatic carbocycles. The fourth-order valence-electron chi connectivity index (χ4n) is 1.78. The summed E-state index contributed by atoms with van der Waals surface area (Å²) in [6.45, 7) is 0.682. The van der Waals surface area contributed by atoms with Gasteiger partial charge in [0.2, 0.25) is 0 Å². The number of nitrogens with zero attached hydrogens (tertiary/aromatic N) is 1. The Balaban J connectivity index is 1.76. The molecule has 3 aromatic rings. The van der Waals surface area contributed by atoms with E-state index in [-0.39, 0.29) is 5.75 Å². The third-order valence-electron chi connectivity index (χ3n) is 2.70. The zero-order chi connectivity index (χ0) is 13.2. The van der Waals surface area contributed by atoms with Crippen molar-refractivity contribution in [1.82, 2.24) is 4.98 Å². The molecule has 0 radical (unpaired) electrons. The van der Waals surface area contributed by atoms with Crippen LogP contribution in [0.15, 0.2) is 46.9 Å². The summed E-state index contributed by atoms with van der Waals surface area (Å²) >= 11 is 5.13. The van der Waals surface area contributed by atoms with Gasteiger partial charge in [0.1, 0.15) is 10.8 Å². The molecule has 0 atom stereocenters. The van der Waals surface area contributed by atoms with Crippen LogP contribution in [-0.2, 0) is 6.54 Å². The van der Waals surface area contributed by atoms with Crippen molar-refractivity contribution in [2.24, 2.45) is 0 Å². The number of halogens is 1. The third-order valence-corrected chi connectivity index (χ3v) is 4.23. The molecule has 1 aromatic heterocycles. The lowest BCUT2D eigenvalue weighted by atomic mass is 10.3. The molecular weight excluding hydrogens is 324 g/mol. The number of benzene rings is 2. The highest BCUT2D eigenvalue weighted by molar-refractivity contribution is 9.10. The van der Waals surface area contributed by atoms with Crippen LogP contribution in [0.25, 0.3) is 10.2 Å². The van der Waals surface area contributed by atoms with Crippen LogP contribution in [0, 0.1) is 0 Å². The Morgan fingerprint density at radius 3 is 2.74 bits per heavy atom. The molecule has 1 heterocycles. The molecule has 0 saturated carbocycles. The van der Waals surface area contributed by atoms with E-state index in [9.17, 15) is 5.11 Å². The van der Waals surface area contributed by atoms with Crippen molar-refractivity contribution in [3.8, 4) is 5.75 Å². The number of thiazole rings is 1. The van der Waals surface area contributed by atoms with Crippen molar-refractivity contribution in [3.05, 3.63) is 51.9 Å². The second-order valence-corrected chi connectivity index (χ2v) is 6.15. The van der Waals surface area contributed by atoms with Gasteiger partial charge in [-0.15, -0.1) is 11.3 Å². The van der Waals surface area contributed by atoms with Crippen molar-refractivity contribution in [2.75, 3.05) is 5.32 Å². The van der Waals surface area contributed by atoms with Crippen LogP contribution in [0.1, 0.15) is 5.01 Å². The Kier molecular flexibility index (Phi) is 3.40. The Morgan fingerprint density at radius 2 is 1.95 bits per heavy atom. The van der Waals surface area contributed by atoms with Crippen molar-refractivity contribution < 1.29 is 5.11 Å². The number of phenols is 1. The molecule has 5 heteroatoms. The van der Waals surface area contributed by atoms with E-state index >= 15 is 0 Å². The SMILES string of the molecule is Oc1ccc(NCc2nc3cc(Br)ccc3s2)cc1. The van der Waals surface area contributed by atoms with E-state index in [0.717, 1.165) is 20.7 Å². The number of rotatable bonds is 3. The van der Waals surface area contributed by atoms with E-state index < -0.39 is 0 Å². The van der Waals surface area contributed by atoms with E-state index in [1.807, 2.05) is 24.3 Å². The van der Waals surface area contributed by atoms with E-state index in [1.165, 1.54) is 4.70 Å². The normalized spacial score (nSPS) is 10.8. The zero-order valence-corrected chi connectivity index (χ0v) is 12.3. The van der Waals surface area contributed by atoms with Gasteiger partial charge in [-0.25, -0.2) is 4.98 Å². The fraction of sp³-hybridized carbons (Fsp3) is 0.0714. The highest BCUT2D eigenvalue weighted by atomic mass is 79.9. The van der Waals surface area contributed by atoms with Crippen molar-refractivity contribution >= 4 is 43.2 Å². The van der Waals surface area contributed by atoms with Gasteiger partial charge in [0.05, 0.1) is 16.8 Å². The molecule has 19 heavy (non-hydrogen) atoms. The van der Waals surface area contributed by atoms with Gasteiger partial charge >= 0.3 is 0 Å². The minimum absolute atomic E-state index is 0.274. The van der Waals surface area contributed by atoms with Gasteiger partial charge in [0.15, 0.2) is 0 Å². The molecule has 3 nitrogen and oxygen atoms in total. The first-order valence-corrected chi connectivity index (χ1v) is 7.39. The number of hydrogen-bond acceptors (Lipinski definition) is 4. The van der Waals surface area contributed by atoms with Gasteiger partial charge in [-0.1, -0.05) is 15.9 Å². The minimum atomic E-state index is 0.274. The summed E-state index contributed by atoms with van der Waals surface area (Å²) in [7, 11) is 0. The van der Waals surface area contributed by atoms with Crippen molar-refractivity contribution in [2.45, 2.75) is 6.54 Å². The van der Waals surface area contributed by atoms with Crippen LogP contribution in [0.4, 0.5) is 5.69 Å². The predicted molar refractivity (Wildman–Crippen MR) is 82.8 cm³/mol. The third kappa shape index (κ3) is 2.88. The number of aromatic hydroxyl groups is 1. The van der Waals surface area contributed by atoms with Gasteiger partial charge in [-0.2, -0.15) is 0 Å². The van der Waals surface area contributed by atoms with Gasteiger partial charge in [-0.05, 0) is 42.5 Å². The summed E-state index contributed by atoms with van der Waals surface area (Å²) in [4.78, 5) is 4.58. The van der Waals surface area contributed by atoms with Crippen LogP contribution in [0.5, 0.6) is 5.75 Å². The highest BCUT2D eigenvalue weighted by Crippen LogP contribution is 2.25. The van der Waals surface area contributed by atoms with E-state index in [4.69, 9.17) is 0 Å². The largest absolute Gasteiger partial charge is 0.508 e. The summed E-state index contributed by atoms with van der Waals surface area (Å²) in [6.07, 6.45) is 0. The molecule has 2 N–H and O–H groups in total. The fourth-order valence-corrected chi connectivity index (χ4v) is 3.02. The number of hydrogen-bond donors (Lipinski definition) is 2. The van der Waals surface area contributed by atoms with Gasteiger partial charge in [0, 0.05) is 10.2 Å². The summed E-state index contributed by atoms with van der Waals surface area (Å²) in [5.74, 6) is 0.274. The number of fused-ring (bicyclic) bond motifs is 1. The zero-order valence-electron chi connectivity index (χ0n) is 9.93. The maximum absolute atomic E-state index is 9.22. The molecule has 0 spiro atoms. The van der Waals surface area contributed by atoms with Crippen LogP contribution in [0.3, 0.4) is 0 Å². The molecule has 0 amide bonds. The number of nitrogens with one attached hydrogen (secondary N) is 1. The maximum atomic E-state index is 9.22. The summed E-state index contributed by atoms with van der Waals surface area (Å²) < 4.78 is 2.23. The smallest absolute Gasteiger partial charge is 0.115 e. The molecule has 2 aromatic carbocycles. The first-order chi connectivity index (χ1) is 9.20. The van der Waals surface area contributed by atoms with Gasteiger partial charge in [0.25, 0.3) is 0 Å². The Morgan fingerprint density at radius 1 is 1.16 bits per heavy atom. The van der Waals surface area contributed by atoms with Crippen molar-refractivity contribution in [3.63, 3.8) is 0 Å². The lowest BCUT2D eigenvalue weighted by Crippen LogP contribution is -1.98. The highest BCUT2D eigenvalue weighted by Gasteiger charge is 2.04. The van der Waals surface area contributed by atoms with E-state index in [2.05, 4.69) is 32.3 Å². The lowest BCUT2D eigenvalue weighted by Gasteiger charge is -2.03. The van der Waals surface area contributed by atoms with E-state index in [0.29, 0.717) is 6.54 Å². The first-order valence-electron chi connectivity index (χ1n) is 5.78. The van der Waals surface area contributed by atoms with Gasteiger partial charge < -0.3 is 10.4 Å². The Labute approximate surface area is 123 Å². The second-order valence-electron chi connectivity index (χ2n) is 4.12. The molecule has 96 valence electrons. The van der Waals surface area contributed by atoms with Crippen LogP contribution in [0.2, 0.25) is 0 Å². The molecule has 0 unspecified atom stereocenters. The average molecular weight is 335 g/mol. The number of aromatic nitrogens is 1. The lowest BCUT2D eigenvalue weighted by molar-refractivity contribution is 0.475. The summed E-state index contributed by atoms with van der Waals surface area (Å²) in [5.41, 5.74) is 1.99. The molecule has 0 fully saturated rings. The maximum Gasteiger partial charge on any atom is 0.115 e. The summed E-state index contributed by atoms with van der Waals surface area (Å²) in [5, 5.41) is 13.6. The molecule has 0 aliphatic heterocycles. The van der Waals surface area contributed by atoms with Crippen LogP contribution in [-0.4, -0.2) is 10.1 Å². The summed E-state index contributed by atoms with van der Waals surface area (Å²) in [6, 6.07) is 13.1. The van der Waals surface area contributed by atoms with Gasteiger partial charge in [-0.3, -0.25) is 0 Å². The van der Waals surface area contributed by atoms with Crippen LogP contribution >= 0.6 is 27.3 Å². The minimum Gasteiger partial charge on any atom is -0.508 e. The Hall–Kier alpha value is -1.59. The second kappa shape index (κ2) is 5.19. The number of anilines is 1. The van der Waals surface area contributed by atoms with E-state index in [1.54, 1.807) is 23.5 Å². The molecule has 0 saturated heterocycles. The number of phenolic OH excluding ortho intramolecular Hbond substituents is 1. The van der Waals surface area contributed by atoms with Crippen molar-refractivity contribution in [1.29, 1.82) is 0 Å². The first kappa shape index (κ1) is 12.4. The Bertz CT molecular complexity index is 709. The average Bonchev–Trinajstić information content (AvgIpc) is 2.80. The quantitative estimate of drug-likeness (QED) is 0.699. The van der Waals surface area contributed by atoms with Crippen LogP contribution < -0.4 is 5.32 Å².